The molecule has 1 aromatic rings. The van der Waals surface area contributed by atoms with E-state index in [1.165, 1.54) is 12.1 Å². The van der Waals surface area contributed by atoms with Crippen molar-refractivity contribution in [3.05, 3.63) is 35.9 Å². The van der Waals surface area contributed by atoms with Crippen LogP contribution in [0.15, 0.2) is 24.3 Å². The Hall–Kier alpha value is 0.356. The Labute approximate surface area is 91.3 Å². The minimum atomic E-state index is -4.23. The first-order valence-electron chi connectivity index (χ1n) is 3.17. The van der Waals surface area contributed by atoms with Crippen LogP contribution in [-0.4, -0.2) is 18.2 Å². The van der Waals surface area contributed by atoms with Gasteiger partial charge in [-0.1, -0.05) is 12.1 Å². The standard InChI is InChI=1S/C7H4F3.2ClH.Mg/c8-7(9,10)6-4-2-1-3-5-6;;;/h2-5H;2*1H;/q;;;+2/p-2. The Bertz CT molecular complexity index is 225. The molecule has 0 aliphatic rings. The second-order valence-electron chi connectivity index (χ2n) is 1.89. The van der Waals surface area contributed by atoms with Gasteiger partial charge in [-0.2, -0.15) is 13.2 Å². The first-order chi connectivity index (χ1) is 6.02. The molecule has 0 aliphatic heterocycles. The Morgan fingerprint density at radius 2 is 1.54 bits per heavy atom. The van der Waals surface area contributed by atoms with Crippen molar-refractivity contribution in [1.82, 2.24) is 0 Å². The van der Waals surface area contributed by atoms with Crippen LogP contribution < -0.4 is 0 Å². The van der Waals surface area contributed by atoms with Crippen molar-refractivity contribution in [2.45, 2.75) is 6.18 Å². The quantitative estimate of drug-likeness (QED) is 0.609. The van der Waals surface area contributed by atoms with Gasteiger partial charge in [0.05, 0.1) is 5.56 Å². The molecule has 0 bridgehead atoms. The van der Waals surface area contributed by atoms with Gasteiger partial charge in [-0.3, -0.25) is 0 Å². The molecule has 69 valence electrons. The van der Waals surface area contributed by atoms with Gasteiger partial charge in [0.15, 0.2) is 0 Å². The van der Waals surface area contributed by atoms with Gasteiger partial charge in [-0.05, 0) is 18.2 Å². The van der Waals surface area contributed by atoms with Crippen molar-refractivity contribution in [2.75, 3.05) is 0 Å². The van der Waals surface area contributed by atoms with E-state index in [0.717, 1.165) is 12.1 Å². The highest BCUT2D eigenvalue weighted by atomic mass is 35.6. The molecule has 0 atom stereocenters. The summed E-state index contributed by atoms with van der Waals surface area (Å²) in [6, 6.07) is 6.95. The van der Waals surface area contributed by atoms with Gasteiger partial charge in [-0.15, -0.1) is 0 Å². The van der Waals surface area contributed by atoms with E-state index in [1.807, 2.05) is 0 Å². The maximum Gasteiger partial charge on any atom is 0.618 e. The van der Waals surface area contributed by atoms with E-state index in [1.54, 1.807) is 0 Å². The lowest BCUT2D eigenvalue weighted by Gasteiger charge is -2.03. The van der Waals surface area contributed by atoms with E-state index in [9.17, 15) is 13.2 Å². The first-order valence-corrected chi connectivity index (χ1v) is 7.45. The molecule has 0 nitrogen and oxygen atoms in total. The highest BCUT2D eigenvalue weighted by Gasteiger charge is 2.29. The molecular weight excluding hydrogens is 236 g/mol. The molecule has 0 saturated carbocycles. The Balaban J connectivity index is 0.000000424. The van der Waals surface area contributed by atoms with Gasteiger partial charge in [0.25, 0.3) is 0 Å². The predicted molar refractivity (Wildman–Crippen MR) is 47.7 cm³/mol. The molecule has 1 aromatic carbocycles. The largest absolute Gasteiger partial charge is 0.618 e. The number of hydrogen-bond acceptors (Lipinski definition) is 0. The van der Waals surface area contributed by atoms with Gasteiger partial charge in [-0.25, -0.2) is 0 Å². The summed E-state index contributed by atoms with van der Waals surface area (Å²) in [6.45, 7) is 0. The number of rotatable bonds is 0. The molecule has 0 spiro atoms. The second kappa shape index (κ2) is 6.76. The molecule has 0 aromatic heterocycles. The molecule has 0 unspecified atom stereocenters. The summed E-state index contributed by atoms with van der Waals surface area (Å²) in [7, 11) is 9.81. The lowest BCUT2D eigenvalue weighted by molar-refractivity contribution is -0.137. The minimum Gasteiger partial charge on any atom is -0.309 e. The van der Waals surface area contributed by atoms with Crippen molar-refractivity contribution in [1.29, 1.82) is 0 Å². The van der Waals surface area contributed by atoms with Crippen LogP contribution in [-0.2, 0) is 6.18 Å². The zero-order chi connectivity index (χ0) is 10.3. The number of halogens is 5. The van der Waals surface area contributed by atoms with Gasteiger partial charge < -0.3 is 18.1 Å². The van der Waals surface area contributed by atoms with Crippen LogP contribution in [0.2, 0.25) is 0 Å². The Morgan fingerprint density at radius 3 is 1.77 bits per heavy atom. The molecule has 0 heterocycles. The van der Waals surface area contributed by atoms with Crippen LogP contribution in [0.25, 0.3) is 0 Å². The van der Waals surface area contributed by atoms with E-state index in [-0.39, 0.29) is 0 Å². The third-order valence-corrected chi connectivity index (χ3v) is 1.05. The van der Waals surface area contributed by atoms with Gasteiger partial charge in [0.2, 0.25) is 0 Å². The van der Waals surface area contributed by atoms with Crippen LogP contribution in [0.4, 0.5) is 13.2 Å². The molecule has 13 heavy (non-hydrogen) atoms. The molecule has 0 amide bonds. The van der Waals surface area contributed by atoms with Crippen molar-refractivity contribution in [3.8, 4) is 0 Å². The molecule has 0 aliphatic carbocycles. The summed E-state index contributed by atoms with van der Waals surface area (Å²) in [5.74, 6) is 0. The molecule has 0 N–H and O–H groups in total. The summed E-state index contributed by atoms with van der Waals surface area (Å²) in [4.78, 5) is 0. The van der Waals surface area contributed by atoms with Crippen molar-refractivity contribution >= 4 is 36.3 Å². The summed E-state index contributed by atoms with van der Waals surface area (Å²) in [5.41, 5.74) is -0.633. The monoisotopic (exact) mass is 239 g/mol. The van der Waals surface area contributed by atoms with E-state index in [4.69, 9.17) is 18.1 Å². The van der Waals surface area contributed by atoms with E-state index in [2.05, 4.69) is 6.07 Å². The Kier molecular flexibility index (Phi) is 6.94. The summed E-state index contributed by atoms with van der Waals surface area (Å²) in [6.07, 6.45) is -4.23. The summed E-state index contributed by atoms with van der Waals surface area (Å²) in [5, 5.41) is 0. The zero-order valence-electron chi connectivity index (χ0n) is 6.41. The van der Waals surface area contributed by atoms with E-state index in [0.29, 0.717) is 0 Å². The van der Waals surface area contributed by atoms with Gasteiger partial charge >= 0.3 is 24.3 Å². The fraction of sp³-hybridized carbons (Fsp3) is 0.143. The average Bonchev–Trinajstić information content (AvgIpc) is 2.06. The minimum absolute atomic E-state index is 0.633. The second-order valence-corrected chi connectivity index (χ2v) is 4.51. The zero-order valence-corrected chi connectivity index (χ0v) is 9.33. The smallest absolute Gasteiger partial charge is 0.309 e. The highest BCUT2D eigenvalue weighted by molar-refractivity contribution is 7.22. The fourth-order valence-corrected chi connectivity index (χ4v) is 0.576. The van der Waals surface area contributed by atoms with Gasteiger partial charge in [0, 0.05) is 0 Å². The molecule has 0 saturated heterocycles. The highest BCUT2D eigenvalue weighted by Crippen LogP contribution is 2.28. The van der Waals surface area contributed by atoms with Crippen molar-refractivity contribution in [3.63, 3.8) is 0 Å². The third-order valence-electron chi connectivity index (χ3n) is 1.05. The van der Waals surface area contributed by atoms with Crippen LogP contribution in [0.5, 0.6) is 0 Å². The van der Waals surface area contributed by atoms with Crippen LogP contribution in [0.1, 0.15) is 5.56 Å². The predicted octanol–water partition coefficient (Wildman–Crippen LogP) is 3.50. The maximum absolute atomic E-state index is 11.8. The molecule has 0 fully saturated rings. The first kappa shape index (κ1) is 13.4. The van der Waals surface area contributed by atoms with Crippen molar-refractivity contribution < 1.29 is 13.2 Å². The Morgan fingerprint density at radius 1 is 1.15 bits per heavy atom. The van der Waals surface area contributed by atoms with Crippen molar-refractivity contribution in [2.24, 2.45) is 0 Å². The molecular formula is C7H4Cl2F3Mg. The summed E-state index contributed by atoms with van der Waals surface area (Å²) < 4.78 is 35.3. The number of benzene rings is 1. The molecule has 1 rings (SSSR count). The fourth-order valence-electron chi connectivity index (χ4n) is 0.576. The van der Waals surface area contributed by atoms with E-state index < -0.39 is 29.9 Å². The number of hydrogen-bond donors (Lipinski definition) is 0. The molecule has 6 heteroatoms. The topological polar surface area (TPSA) is 0 Å². The normalized spacial score (nSPS) is 9.62. The van der Waals surface area contributed by atoms with Gasteiger partial charge in [0.1, 0.15) is 0 Å². The summed E-state index contributed by atoms with van der Waals surface area (Å²) >= 11 is -0.639. The SMILES string of the molecule is FC(F)(F)c1cc[c]cc1.[Cl][Mg][Cl]. The third kappa shape index (κ3) is 6.43. The number of alkyl halides is 3. The van der Waals surface area contributed by atoms with E-state index >= 15 is 0 Å². The lowest BCUT2D eigenvalue weighted by atomic mass is 10.2. The van der Waals surface area contributed by atoms with Crippen LogP contribution >= 0.6 is 18.1 Å². The molecule has 1 radical (unpaired) electrons. The van der Waals surface area contributed by atoms with Crippen LogP contribution in [0, 0.1) is 6.07 Å². The maximum atomic E-state index is 11.8. The lowest BCUT2D eigenvalue weighted by Crippen LogP contribution is -2.03. The van der Waals surface area contributed by atoms with Crippen LogP contribution in [0.3, 0.4) is 0 Å². The average molecular weight is 240 g/mol.